The third kappa shape index (κ3) is 3.83. The third-order valence-corrected chi connectivity index (χ3v) is 4.97. The van der Waals surface area contributed by atoms with E-state index in [1.54, 1.807) is 11.8 Å². The van der Waals surface area contributed by atoms with E-state index in [-0.39, 0.29) is 24.3 Å². The summed E-state index contributed by atoms with van der Waals surface area (Å²) in [5, 5.41) is 6.89. The minimum Gasteiger partial charge on any atom is -0.493 e. The average molecular weight is 387 g/mol. The number of rotatable bonds is 2. The Labute approximate surface area is 160 Å². The standard InChI is InChI=1S/C18H19N3O4.CH2O2/c1-12-7-20(17(24)19-16(12)23)8-15(22)21-9-18(10-21)6-13-4-2-3-5-14(13)25-11-18;2-1-3/h2-5,7H,6,8-11H2,1H3,(H,19,23,24);1H,(H,2,3). The SMILES string of the molecule is Cc1cn(CC(=O)N2CC3(COc4ccccc4C3)C2)c(=O)[nH]c1=O.O=CO. The fraction of sp³-hybridized carbons (Fsp3) is 0.368. The summed E-state index contributed by atoms with van der Waals surface area (Å²) in [5.41, 5.74) is 0.567. The first-order chi connectivity index (χ1) is 13.4. The lowest BCUT2D eigenvalue weighted by molar-refractivity contribution is -0.147. The van der Waals surface area contributed by atoms with Gasteiger partial charge in [-0.05, 0) is 25.0 Å². The molecule has 2 aromatic rings. The number of amides is 1. The number of carbonyl (C=O) groups is 2. The number of hydrogen-bond donors (Lipinski definition) is 2. The molecule has 1 amide bonds. The minimum atomic E-state index is -0.561. The lowest BCUT2D eigenvalue weighted by atomic mass is 9.74. The number of nitrogens with one attached hydrogen (secondary N) is 1. The van der Waals surface area contributed by atoms with Crippen molar-refractivity contribution >= 4 is 12.4 Å². The van der Waals surface area contributed by atoms with Crippen LogP contribution in [0.3, 0.4) is 0 Å². The molecular formula is C19H21N3O6. The zero-order valence-electron chi connectivity index (χ0n) is 15.4. The predicted molar refractivity (Wildman–Crippen MR) is 99.4 cm³/mol. The zero-order valence-corrected chi connectivity index (χ0v) is 15.4. The second kappa shape index (κ2) is 7.71. The molecule has 9 nitrogen and oxygen atoms in total. The summed E-state index contributed by atoms with van der Waals surface area (Å²) in [6, 6.07) is 7.98. The van der Waals surface area contributed by atoms with E-state index >= 15 is 0 Å². The number of fused-ring (bicyclic) bond motifs is 1. The molecule has 1 saturated heterocycles. The first-order valence-electron chi connectivity index (χ1n) is 8.74. The Morgan fingerprint density at radius 2 is 2.00 bits per heavy atom. The van der Waals surface area contributed by atoms with Crippen LogP contribution in [0, 0.1) is 12.3 Å². The van der Waals surface area contributed by atoms with Gasteiger partial charge in [0.1, 0.15) is 12.3 Å². The maximum atomic E-state index is 12.4. The Morgan fingerprint density at radius 1 is 1.32 bits per heavy atom. The number of likely N-dealkylation sites (tertiary alicyclic amines) is 1. The molecule has 2 aliphatic rings. The van der Waals surface area contributed by atoms with E-state index in [2.05, 4.69) is 11.1 Å². The highest BCUT2D eigenvalue weighted by atomic mass is 16.5. The van der Waals surface area contributed by atoms with E-state index in [0.717, 1.165) is 12.2 Å². The number of carbonyl (C=O) groups excluding carboxylic acids is 1. The highest BCUT2D eigenvalue weighted by molar-refractivity contribution is 5.77. The summed E-state index contributed by atoms with van der Waals surface area (Å²) in [5.74, 6) is 0.797. The minimum absolute atomic E-state index is 0.0319. The molecule has 0 bridgehead atoms. The van der Waals surface area contributed by atoms with Crippen molar-refractivity contribution in [1.82, 2.24) is 14.5 Å². The van der Waals surface area contributed by atoms with Crippen molar-refractivity contribution in [1.29, 1.82) is 0 Å². The van der Waals surface area contributed by atoms with Gasteiger partial charge in [-0.15, -0.1) is 0 Å². The van der Waals surface area contributed by atoms with E-state index in [4.69, 9.17) is 14.6 Å². The number of aromatic amines is 1. The zero-order chi connectivity index (χ0) is 20.3. The van der Waals surface area contributed by atoms with Crippen LogP contribution in [-0.2, 0) is 22.6 Å². The van der Waals surface area contributed by atoms with Gasteiger partial charge in [0.05, 0.1) is 6.61 Å². The second-order valence-corrected chi connectivity index (χ2v) is 7.13. The summed E-state index contributed by atoms with van der Waals surface area (Å²) in [6.45, 7) is 3.14. The molecular weight excluding hydrogens is 366 g/mol. The van der Waals surface area contributed by atoms with E-state index < -0.39 is 11.2 Å². The van der Waals surface area contributed by atoms with Crippen LogP contribution in [0.2, 0.25) is 0 Å². The van der Waals surface area contributed by atoms with E-state index in [9.17, 15) is 14.4 Å². The Bertz CT molecular complexity index is 1000. The number of para-hydroxylation sites is 1. The number of aryl methyl sites for hydroxylation is 1. The first-order valence-corrected chi connectivity index (χ1v) is 8.74. The molecule has 0 aliphatic carbocycles. The molecule has 3 heterocycles. The number of nitrogens with zero attached hydrogens (tertiary/aromatic N) is 2. The van der Waals surface area contributed by atoms with Gasteiger partial charge in [-0.25, -0.2) is 4.79 Å². The van der Waals surface area contributed by atoms with Crippen molar-refractivity contribution in [3.8, 4) is 5.75 Å². The molecule has 9 heteroatoms. The second-order valence-electron chi connectivity index (χ2n) is 7.13. The fourth-order valence-electron chi connectivity index (χ4n) is 3.60. The van der Waals surface area contributed by atoms with Gasteiger partial charge in [-0.2, -0.15) is 0 Å². The van der Waals surface area contributed by atoms with Crippen LogP contribution >= 0.6 is 0 Å². The van der Waals surface area contributed by atoms with Crippen LogP contribution in [0.5, 0.6) is 5.75 Å². The van der Waals surface area contributed by atoms with Crippen molar-refractivity contribution in [2.75, 3.05) is 19.7 Å². The van der Waals surface area contributed by atoms with Gasteiger partial charge >= 0.3 is 5.69 Å². The topological polar surface area (TPSA) is 122 Å². The van der Waals surface area contributed by atoms with Crippen LogP contribution in [0.1, 0.15) is 11.1 Å². The maximum Gasteiger partial charge on any atom is 0.328 e. The number of carboxylic acid groups (broad SMARTS) is 1. The molecule has 1 spiro atoms. The molecule has 28 heavy (non-hydrogen) atoms. The number of ether oxygens (including phenoxy) is 1. The average Bonchev–Trinajstić information content (AvgIpc) is 2.64. The number of aromatic nitrogens is 2. The summed E-state index contributed by atoms with van der Waals surface area (Å²) in [6.07, 6.45) is 2.32. The normalized spacial score (nSPS) is 16.1. The lowest BCUT2D eigenvalue weighted by Gasteiger charge is -2.51. The number of H-pyrrole nitrogens is 1. The molecule has 1 aromatic carbocycles. The molecule has 0 saturated carbocycles. The molecule has 148 valence electrons. The Kier molecular flexibility index (Phi) is 5.34. The molecule has 2 aliphatic heterocycles. The van der Waals surface area contributed by atoms with Crippen LogP contribution in [0.4, 0.5) is 0 Å². The summed E-state index contributed by atoms with van der Waals surface area (Å²) in [4.78, 5) is 48.0. The smallest absolute Gasteiger partial charge is 0.328 e. The molecule has 1 fully saturated rings. The van der Waals surface area contributed by atoms with E-state index in [1.165, 1.54) is 16.3 Å². The number of hydrogen-bond acceptors (Lipinski definition) is 5. The van der Waals surface area contributed by atoms with Crippen molar-refractivity contribution in [3.63, 3.8) is 0 Å². The highest BCUT2D eigenvalue weighted by Crippen LogP contribution is 2.40. The van der Waals surface area contributed by atoms with E-state index in [0.29, 0.717) is 25.3 Å². The Balaban J connectivity index is 0.000000706. The maximum absolute atomic E-state index is 12.4. The van der Waals surface area contributed by atoms with Crippen LogP contribution in [0.15, 0.2) is 40.1 Å². The quantitative estimate of drug-likeness (QED) is 0.700. The molecule has 2 N–H and O–H groups in total. The van der Waals surface area contributed by atoms with Gasteiger partial charge < -0.3 is 14.7 Å². The number of benzene rings is 1. The van der Waals surface area contributed by atoms with Crippen LogP contribution in [0.25, 0.3) is 0 Å². The largest absolute Gasteiger partial charge is 0.493 e. The monoisotopic (exact) mass is 387 g/mol. The molecule has 4 rings (SSSR count). The summed E-state index contributed by atoms with van der Waals surface area (Å²) < 4.78 is 7.09. The third-order valence-electron chi connectivity index (χ3n) is 4.97. The summed E-state index contributed by atoms with van der Waals surface area (Å²) in [7, 11) is 0. The Hall–Kier alpha value is -3.36. The van der Waals surface area contributed by atoms with Crippen molar-refractivity contribution in [2.45, 2.75) is 19.9 Å². The van der Waals surface area contributed by atoms with Gasteiger partial charge in [0.2, 0.25) is 5.91 Å². The predicted octanol–water partition coefficient (Wildman–Crippen LogP) is 0.00952. The van der Waals surface area contributed by atoms with Crippen molar-refractivity contribution in [2.24, 2.45) is 5.41 Å². The Morgan fingerprint density at radius 3 is 2.71 bits per heavy atom. The van der Waals surface area contributed by atoms with Gasteiger partial charge in [0.15, 0.2) is 0 Å². The van der Waals surface area contributed by atoms with Crippen molar-refractivity contribution in [3.05, 3.63) is 62.4 Å². The fourth-order valence-corrected chi connectivity index (χ4v) is 3.60. The van der Waals surface area contributed by atoms with Crippen LogP contribution < -0.4 is 16.0 Å². The first kappa shape index (κ1) is 19.4. The molecule has 0 radical (unpaired) electrons. The van der Waals surface area contributed by atoms with Crippen molar-refractivity contribution < 1.29 is 19.4 Å². The van der Waals surface area contributed by atoms with Gasteiger partial charge in [0.25, 0.3) is 12.0 Å². The van der Waals surface area contributed by atoms with Crippen LogP contribution in [-0.4, -0.2) is 51.6 Å². The molecule has 0 atom stereocenters. The summed E-state index contributed by atoms with van der Waals surface area (Å²) >= 11 is 0. The lowest BCUT2D eigenvalue weighted by Crippen LogP contribution is -2.63. The van der Waals surface area contributed by atoms with E-state index in [1.807, 2.05) is 18.2 Å². The highest BCUT2D eigenvalue weighted by Gasteiger charge is 2.47. The molecule has 0 unspecified atom stereocenters. The molecule has 1 aromatic heterocycles. The van der Waals surface area contributed by atoms with Gasteiger partial charge in [-0.1, -0.05) is 18.2 Å². The van der Waals surface area contributed by atoms with Gasteiger partial charge in [-0.3, -0.25) is 23.9 Å². The van der Waals surface area contributed by atoms with Gasteiger partial charge in [0, 0.05) is 30.3 Å².